The first-order valence-electron chi connectivity index (χ1n) is 9.81. The van der Waals surface area contributed by atoms with Gasteiger partial charge in [-0.3, -0.25) is 14.5 Å². The van der Waals surface area contributed by atoms with Gasteiger partial charge >= 0.3 is 0 Å². The van der Waals surface area contributed by atoms with E-state index >= 15 is 0 Å². The van der Waals surface area contributed by atoms with Crippen molar-refractivity contribution in [3.8, 4) is 0 Å². The number of para-hydroxylation sites is 1. The number of benzene rings is 1. The SMILES string of the molecule is CC(=O)NCCC1CCCCN1Cc1c(C)n(CC(N)=O)c2ccccc12. The number of likely N-dealkylation sites (tertiary alicyclic amines) is 1. The van der Waals surface area contributed by atoms with E-state index in [1.54, 1.807) is 6.92 Å². The normalized spacial score (nSPS) is 17.9. The molecule has 2 heterocycles. The molecule has 1 atom stereocenters. The number of rotatable bonds is 7. The van der Waals surface area contributed by atoms with Crippen LogP contribution in [-0.2, 0) is 22.7 Å². The molecular weight excluding hydrogens is 340 g/mol. The second kappa shape index (κ2) is 8.57. The molecule has 0 radical (unpaired) electrons. The van der Waals surface area contributed by atoms with Crippen molar-refractivity contribution in [2.75, 3.05) is 13.1 Å². The third-order valence-electron chi connectivity index (χ3n) is 5.64. The van der Waals surface area contributed by atoms with Crippen molar-refractivity contribution in [2.45, 2.75) is 58.7 Å². The summed E-state index contributed by atoms with van der Waals surface area (Å²) in [6.45, 7) is 6.50. The summed E-state index contributed by atoms with van der Waals surface area (Å²) >= 11 is 0. The lowest BCUT2D eigenvalue weighted by Crippen LogP contribution is -2.41. The second-order valence-corrected chi connectivity index (χ2v) is 7.53. The third-order valence-corrected chi connectivity index (χ3v) is 5.64. The summed E-state index contributed by atoms with van der Waals surface area (Å²) in [5.74, 6) is -0.292. The van der Waals surface area contributed by atoms with Crippen LogP contribution in [0.3, 0.4) is 0 Å². The lowest BCUT2D eigenvalue weighted by atomic mass is 9.98. The van der Waals surface area contributed by atoms with Gasteiger partial charge in [-0.25, -0.2) is 0 Å². The number of hydrogen-bond donors (Lipinski definition) is 2. The van der Waals surface area contributed by atoms with Crippen LogP contribution in [0.25, 0.3) is 10.9 Å². The van der Waals surface area contributed by atoms with E-state index in [0.29, 0.717) is 6.04 Å². The summed E-state index contributed by atoms with van der Waals surface area (Å²) in [6, 6.07) is 8.71. The van der Waals surface area contributed by atoms with Gasteiger partial charge < -0.3 is 15.6 Å². The van der Waals surface area contributed by atoms with Crippen molar-refractivity contribution in [1.82, 2.24) is 14.8 Å². The maximum absolute atomic E-state index is 11.5. The number of aromatic nitrogens is 1. The summed E-state index contributed by atoms with van der Waals surface area (Å²) in [6.07, 6.45) is 4.58. The molecule has 6 heteroatoms. The average molecular weight is 370 g/mol. The second-order valence-electron chi connectivity index (χ2n) is 7.53. The Morgan fingerprint density at radius 3 is 2.78 bits per heavy atom. The topological polar surface area (TPSA) is 80.4 Å². The Morgan fingerprint density at radius 2 is 2.04 bits per heavy atom. The Morgan fingerprint density at radius 1 is 1.26 bits per heavy atom. The van der Waals surface area contributed by atoms with E-state index in [2.05, 4.69) is 29.3 Å². The van der Waals surface area contributed by atoms with Crippen LogP contribution in [0.4, 0.5) is 0 Å². The first-order valence-corrected chi connectivity index (χ1v) is 9.81. The van der Waals surface area contributed by atoms with Crippen molar-refractivity contribution >= 4 is 22.7 Å². The molecule has 27 heavy (non-hydrogen) atoms. The van der Waals surface area contributed by atoms with Crippen LogP contribution in [0.5, 0.6) is 0 Å². The first-order chi connectivity index (χ1) is 13.0. The Balaban J connectivity index is 1.84. The molecule has 0 aliphatic carbocycles. The van der Waals surface area contributed by atoms with Crippen molar-refractivity contribution in [1.29, 1.82) is 0 Å². The molecule has 3 rings (SSSR count). The lowest BCUT2D eigenvalue weighted by Gasteiger charge is -2.36. The summed E-state index contributed by atoms with van der Waals surface area (Å²) in [5.41, 5.74) is 8.93. The van der Waals surface area contributed by atoms with Gasteiger partial charge in [0.2, 0.25) is 11.8 Å². The molecule has 2 aromatic rings. The standard InChI is InChI=1S/C21H30N4O2/c1-15-19(18-8-3-4-9-20(18)25(15)14-21(22)27)13-24-12-6-5-7-17(24)10-11-23-16(2)26/h3-4,8-9,17H,5-7,10-14H2,1-2H3,(H2,22,27)(H,23,26). The van der Waals surface area contributed by atoms with E-state index in [0.717, 1.165) is 37.3 Å². The predicted molar refractivity (Wildman–Crippen MR) is 107 cm³/mol. The van der Waals surface area contributed by atoms with E-state index in [1.165, 1.54) is 30.2 Å². The molecular formula is C21H30N4O2. The molecule has 1 fully saturated rings. The maximum atomic E-state index is 11.5. The van der Waals surface area contributed by atoms with Crippen LogP contribution in [0.2, 0.25) is 0 Å². The van der Waals surface area contributed by atoms with Crippen LogP contribution in [0.15, 0.2) is 24.3 Å². The summed E-state index contributed by atoms with van der Waals surface area (Å²) in [7, 11) is 0. The van der Waals surface area contributed by atoms with Crippen LogP contribution < -0.4 is 11.1 Å². The first kappa shape index (κ1) is 19.4. The third kappa shape index (κ3) is 4.50. The number of fused-ring (bicyclic) bond motifs is 1. The molecule has 0 saturated carbocycles. The minimum atomic E-state index is -0.323. The van der Waals surface area contributed by atoms with Gasteiger partial charge in [0.25, 0.3) is 0 Å². The van der Waals surface area contributed by atoms with Crippen LogP contribution in [-0.4, -0.2) is 40.4 Å². The molecule has 1 aromatic heterocycles. The van der Waals surface area contributed by atoms with Crippen molar-refractivity contribution in [2.24, 2.45) is 5.73 Å². The highest BCUT2D eigenvalue weighted by Gasteiger charge is 2.25. The van der Waals surface area contributed by atoms with Crippen molar-refractivity contribution < 1.29 is 9.59 Å². The summed E-state index contributed by atoms with van der Waals surface area (Å²) in [4.78, 5) is 25.3. The predicted octanol–water partition coefficient (Wildman–Crippen LogP) is 2.32. The highest BCUT2D eigenvalue weighted by Crippen LogP contribution is 2.30. The minimum Gasteiger partial charge on any atom is -0.368 e. The minimum absolute atomic E-state index is 0.0303. The van der Waals surface area contributed by atoms with Gasteiger partial charge in [0.1, 0.15) is 6.54 Å². The zero-order valence-electron chi connectivity index (χ0n) is 16.3. The molecule has 0 bridgehead atoms. The monoisotopic (exact) mass is 370 g/mol. The quantitative estimate of drug-likeness (QED) is 0.785. The smallest absolute Gasteiger partial charge is 0.237 e. The van der Waals surface area contributed by atoms with E-state index in [1.807, 2.05) is 16.7 Å². The zero-order chi connectivity index (χ0) is 19.4. The van der Waals surface area contributed by atoms with Gasteiger partial charge in [-0.15, -0.1) is 0 Å². The van der Waals surface area contributed by atoms with E-state index in [-0.39, 0.29) is 18.4 Å². The average Bonchev–Trinajstić information content (AvgIpc) is 2.88. The van der Waals surface area contributed by atoms with Crippen molar-refractivity contribution in [3.63, 3.8) is 0 Å². The highest BCUT2D eigenvalue weighted by atomic mass is 16.1. The van der Waals surface area contributed by atoms with Gasteiger partial charge in [0.05, 0.1) is 0 Å². The fraction of sp³-hybridized carbons (Fsp3) is 0.524. The Bertz CT molecular complexity index is 827. The van der Waals surface area contributed by atoms with Gasteiger partial charge in [0, 0.05) is 42.7 Å². The highest BCUT2D eigenvalue weighted by molar-refractivity contribution is 5.87. The number of nitrogens with one attached hydrogen (secondary N) is 1. The number of carbonyl (C=O) groups excluding carboxylic acids is 2. The molecule has 0 spiro atoms. The molecule has 146 valence electrons. The van der Waals surface area contributed by atoms with E-state index in [9.17, 15) is 9.59 Å². The molecule has 1 aliphatic rings. The van der Waals surface area contributed by atoms with E-state index in [4.69, 9.17) is 5.73 Å². The Hall–Kier alpha value is -2.34. The van der Waals surface area contributed by atoms with Gasteiger partial charge in [0.15, 0.2) is 0 Å². The number of hydrogen-bond acceptors (Lipinski definition) is 3. The summed E-state index contributed by atoms with van der Waals surface area (Å²) < 4.78 is 2.03. The van der Waals surface area contributed by atoms with Gasteiger partial charge in [-0.05, 0) is 44.4 Å². The van der Waals surface area contributed by atoms with Crippen molar-refractivity contribution in [3.05, 3.63) is 35.5 Å². The number of amides is 2. The fourth-order valence-corrected chi connectivity index (χ4v) is 4.27. The molecule has 2 amide bonds. The van der Waals surface area contributed by atoms with Crippen LogP contribution in [0, 0.1) is 6.92 Å². The Labute approximate surface area is 160 Å². The molecule has 3 N–H and O–H groups in total. The molecule has 1 aliphatic heterocycles. The number of piperidine rings is 1. The number of nitrogens with zero attached hydrogens (tertiary/aromatic N) is 2. The molecule has 1 unspecified atom stereocenters. The van der Waals surface area contributed by atoms with Crippen LogP contribution in [0.1, 0.15) is 43.9 Å². The fourth-order valence-electron chi connectivity index (χ4n) is 4.27. The zero-order valence-corrected chi connectivity index (χ0v) is 16.3. The lowest BCUT2D eigenvalue weighted by molar-refractivity contribution is -0.119. The Kier molecular flexibility index (Phi) is 6.16. The number of primary amides is 1. The summed E-state index contributed by atoms with van der Waals surface area (Å²) in [5, 5.41) is 4.12. The van der Waals surface area contributed by atoms with Crippen LogP contribution >= 0.6 is 0 Å². The molecule has 1 saturated heterocycles. The maximum Gasteiger partial charge on any atom is 0.237 e. The van der Waals surface area contributed by atoms with E-state index < -0.39 is 0 Å². The van der Waals surface area contributed by atoms with Gasteiger partial charge in [-0.2, -0.15) is 0 Å². The molecule has 1 aromatic carbocycles. The number of carbonyl (C=O) groups is 2. The largest absolute Gasteiger partial charge is 0.368 e. The molecule has 6 nitrogen and oxygen atoms in total. The number of nitrogens with two attached hydrogens (primary N) is 1. The van der Waals surface area contributed by atoms with Gasteiger partial charge in [-0.1, -0.05) is 24.6 Å².